The molecular weight excluding hydrogens is 617 g/mol. The van der Waals surface area contributed by atoms with Crippen molar-refractivity contribution in [2.24, 2.45) is 4.99 Å². The largest absolute Gasteiger partial charge is 0.395 e. The Morgan fingerprint density at radius 1 is 1.18 bits per heavy atom. The lowest BCUT2D eigenvalue weighted by atomic mass is 10.1. The summed E-state index contributed by atoms with van der Waals surface area (Å²) in [6.45, 7) is 23.3. The minimum absolute atomic E-state index is 0.0505. The average Bonchev–Trinajstić information content (AvgIpc) is 3.55. The maximum atomic E-state index is 12.9. The standard InChI is InChI=1S/C30H52N7O6PS/c1-18(2)37(19(3)4)44(42-28(5,6)7)43-29(8,9)13-14-35(12)16-32-27-33-24-21(25(39)34-27)31-17-36(24)26-23-22(20(15-38)45-26)40-30(10,11)41-23/h16-20,22-23,26,38H,13-15H2,1-12H3,(H,33,34,39)/t20-,22-,23-,26-,44?/m1/s1. The van der Waals surface area contributed by atoms with Gasteiger partial charge in [0.25, 0.3) is 14.1 Å². The summed E-state index contributed by atoms with van der Waals surface area (Å²) >= 11 is 1.53. The molecule has 0 saturated carbocycles. The lowest BCUT2D eigenvalue weighted by Crippen LogP contribution is -2.39. The second-order valence-corrected chi connectivity index (χ2v) is 17.0. The van der Waals surface area contributed by atoms with Crippen LogP contribution < -0.4 is 5.56 Å². The van der Waals surface area contributed by atoms with Gasteiger partial charge < -0.3 is 28.5 Å². The van der Waals surface area contributed by atoms with E-state index in [-0.39, 0.29) is 64.1 Å². The van der Waals surface area contributed by atoms with Crippen molar-refractivity contribution in [3.63, 3.8) is 0 Å². The lowest BCUT2D eigenvalue weighted by molar-refractivity contribution is -0.149. The van der Waals surface area contributed by atoms with E-state index >= 15 is 0 Å². The van der Waals surface area contributed by atoms with Crippen molar-refractivity contribution >= 4 is 43.7 Å². The summed E-state index contributed by atoms with van der Waals surface area (Å²) in [5.74, 6) is -0.599. The van der Waals surface area contributed by atoms with E-state index in [9.17, 15) is 9.90 Å². The molecule has 254 valence electrons. The van der Waals surface area contributed by atoms with Crippen LogP contribution in [-0.4, -0.2) is 107 Å². The molecule has 0 aliphatic carbocycles. The predicted molar refractivity (Wildman–Crippen MR) is 180 cm³/mol. The number of imidazole rings is 1. The highest BCUT2D eigenvalue weighted by Gasteiger charge is 2.55. The third-order valence-corrected chi connectivity index (χ3v) is 11.6. The van der Waals surface area contributed by atoms with Crippen LogP contribution in [0.4, 0.5) is 5.95 Å². The molecule has 0 radical (unpaired) electrons. The van der Waals surface area contributed by atoms with Gasteiger partial charge in [-0.15, -0.1) is 11.8 Å². The SMILES string of the molecule is CC(C)N(C(C)C)P(OC(C)(C)C)OC(C)(C)CCN(C)C=Nc1nc2c(ncn2[C@@H]2S[C@H](CO)[C@H]3OC(C)(C)O[C@H]32)c(=O)[nH]1. The number of nitrogens with one attached hydrogen (secondary N) is 1. The zero-order chi connectivity index (χ0) is 33.5. The highest BCUT2D eigenvalue weighted by atomic mass is 32.2. The number of aliphatic hydroxyl groups excluding tert-OH is 1. The predicted octanol–water partition coefficient (Wildman–Crippen LogP) is 5.18. The maximum Gasteiger partial charge on any atom is 0.280 e. The number of hydrogen-bond donors (Lipinski definition) is 2. The van der Waals surface area contributed by atoms with E-state index < -0.39 is 19.9 Å². The quantitative estimate of drug-likeness (QED) is 0.166. The Balaban J connectivity index is 1.46. The minimum Gasteiger partial charge on any atom is -0.395 e. The molecule has 1 unspecified atom stereocenters. The zero-order valence-electron chi connectivity index (χ0n) is 28.8. The lowest BCUT2D eigenvalue weighted by Gasteiger charge is -2.42. The van der Waals surface area contributed by atoms with E-state index in [1.807, 2.05) is 30.4 Å². The van der Waals surface area contributed by atoms with Crippen LogP contribution in [0.1, 0.15) is 88.0 Å². The first-order chi connectivity index (χ1) is 20.8. The summed E-state index contributed by atoms with van der Waals surface area (Å²) in [7, 11) is 0.624. The minimum atomic E-state index is -1.30. The molecule has 4 rings (SSSR count). The maximum absolute atomic E-state index is 12.9. The highest BCUT2D eigenvalue weighted by molar-refractivity contribution is 8.00. The Labute approximate surface area is 272 Å². The number of fused-ring (bicyclic) bond motifs is 2. The van der Waals surface area contributed by atoms with Crippen LogP contribution in [0.3, 0.4) is 0 Å². The van der Waals surface area contributed by atoms with Gasteiger partial charge in [-0.3, -0.25) is 14.3 Å². The second kappa shape index (κ2) is 13.8. The molecule has 45 heavy (non-hydrogen) atoms. The van der Waals surface area contributed by atoms with Gasteiger partial charge in [0.15, 0.2) is 17.0 Å². The summed E-state index contributed by atoms with van der Waals surface area (Å²) in [6, 6.07) is 0.533. The van der Waals surface area contributed by atoms with Crippen molar-refractivity contribution in [2.45, 2.75) is 134 Å². The van der Waals surface area contributed by atoms with Crippen molar-refractivity contribution in [3.8, 4) is 0 Å². The molecule has 0 aromatic carbocycles. The Morgan fingerprint density at radius 3 is 2.42 bits per heavy atom. The molecule has 15 heteroatoms. The van der Waals surface area contributed by atoms with Crippen LogP contribution in [0.25, 0.3) is 11.2 Å². The second-order valence-electron chi connectivity index (χ2n) is 14.4. The first kappa shape index (κ1) is 36.2. The van der Waals surface area contributed by atoms with Crippen LogP contribution in [0.2, 0.25) is 0 Å². The van der Waals surface area contributed by atoms with Crippen LogP contribution in [-0.2, 0) is 18.5 Å². The van der Waals surface area contributed by atoms with Gasteiger partial charge in [-0.25, -0.2) is 14.6 Å². The number of aliphatic imine (C=N–C) groups is 1. The molecule has 2 aromatic heterocycles. The van der Waals surface area contributed by atoms with Gasteiger partial charge in [0.1, 0.15) is 17.6 Å². The molecule has 5 atom stereocenters. The average molecular weight is 670 g/mol. The molecule has 2 fully saturated rings. The van der Waals surface area contributed by atoms with Crippen LogP contribution in [0.15, 0.2) is 16.1 Å². The topological polar surface area (TPSA) is 140 Å². The summed E-state index contributed by atoms with van der Waals surface area (Å²) in [5.41, 5.74) is -0.575. The van der Waals surface area contributed by atoms with Gasteiger partial charge in [0.05, 0.1) is 35.7 Å². The summed E-state index contributed by atoms with van der Waals surface area (Å²) in [4.78, 5) is 31.1. The van der Waals surface area contributed by atoms with E-state index in [4.69, 9.17) is 18.5 Å². The van der Waals surface area contributed by atoms with Crippen molar-refractivity contribution in [3.05, 3.63) is 16.7 Å². The van der Waals surface area contributed by atoms with Crippen molar-refractivity contribution in [1.82, 2.24) is 29.1 Å². The van der Waals surface area contributed by atoms with Gasteiger partial charge >= 0.3 is 0 Å². The normalized spacial score (nSPS) is 24.5. The van der Waals surface area contributed by atoms with E-state index in [0.717, 1.165) is 0 Å². The molecule has 4 heterocycles. The molecule has 0 amide bonds. The number of thioether (sulfide) groups is 1. The van der Waals surface area contributed by atoms with Crippen molar-refractivity contribution in [2.75, 3.05) is 20.2 Å². The molecule has 0 bridgehead atoms. The molecule has 2 aromatic rings. The van der Waals surface area contributed by atoms with Gasteiger partial charge in [0.2, 0.25) is 5.95 Å². The Kier molecular flexibility index (Phi) is 11.1. The van der Waals surface area contributed by atoms with E-state index in [1.54, 1.807) is 12.7 Å². The Bertz CT molecular complexity index is 1380. The van der Waals surface area contributed by atoms with Gasteiger partial charge in [0, 0.05) is 25.7 Å². The van der Waals surface area contributed by atoms with Crippen LogP contribution in [0, 0.1) is 0 Å². The van der Waals surface area contributed by atoms with Gasteiger partial charge in [-0.1, -0.05) is 0 Å². The molecule has 0 spiro atoms. The Morgan fingerprint density at radius 2 is 1.82 bits per heavy atom. The third kappa shape index (κ3) is 8.84. The van der Waals surface area contributed by atoms with Crippen LogP contribution >= 0.6 is 20.3 Å². The summed E-state index contributed by atoms with van der Waals surface area (Å²) in [6.07, 6.45) is 3.35. The zero-order valence-corrected chi connectivity index (χ0v) is 30.5. The third-order valence-electron chi connectivity index (χ3n) is 7.37. The number of rotatable bonds is 13. The molecule has 2 N–H and O–H groups in total. The number of aliphatic hydroxyl groups is 1. The number of ether oxygens (including phenoxy) is 2. The molecule has 2 aliphatic heterocycles. The van der Waals surface area contributed by atoms with Crippen LogP contribution in [0.5, 0.6) is 0 Å². The molecule has 2 saturated heterocycles. The molecule has 13 nitrogen and oxygen atoms in total. The first-order valence-electron chi connectivity index (χ1n) is 15.6. The highest BCUT2D eigenvalue weighted by Crippen LogP contribution is 2.53. The number of nitrogens with zero attached hydrogens (tertiary/aromatic N) is 6. The van der Waals surface area contributed by atoms with Gasteiger partial charge in [-0.2, -0.15) is 4.98 Å². The number of aromatic nitrogens is 4. The molecular formula is C30H52N7O6PS. The fourth-order valence-corrected chi connectivity index (χ4v) is 8.85. The van der Waals surface area contributed by atoms with Gasteiger partial charge in [-0.05, 0) is 82.6 Å². The first-order valence-corrected chi connectivity index (χ1v) is 17.7. The Hall–Kier alpha value is -1.64. The van der Waals surface area contributed by atoms with E-state index in [2.05, 4.69) is 86.9 Å². The number of hydrogen-bond acceptors (Lipinski definition) is 11. The summed E-state index contributed by atoms with van der Waals surface area (Å²) < 4.78 is 29.5. The fraction of sp³-hybridized carbons (Fsp3) is 0.800. The summed E-state index contributed by atoms with van der Waals surface area (Å²) in [5, 5.41) is 9.54. The molecule has 2 aliphatic rings. The van der Waals surface area contributed by atoms with E-state index in [1.165, 1.54) is 11.8 Å². The van der Waals surface area contributed by atoms with Crippen molar-refractivity contribution < 1.29 is 23.6 Å². The fourth-order valence-electron chi connectivity index (χ4n) is 5.43. The number of aromatic amines is 1. The van der Waals surface area contributed by atoms with Crippen molar-refractivity contribution in [1.29, 1.82) is 0 Å². The monoisotopic (exact) mass is 669 g/mol. The van der Waals surface area contributed by atoms with E-state index in [0.29, 0.717) is 18.6 Å². The smallest absolute Gasteiger partial charge is 0.280 e. The number of H-pyrrole nitrogens is 1.